The molecular formula is C22H20FN2O6P. The minimum absolute atomic E-state index is 0.0141. The lowest BCUT2D eigenvalue weighted by atomic mass is 10.0. The highest BCUT2D eigenvalue weighted by Crippen LogP contribution is 2.43. The molecule has 1 aliphatic heterocycles. The van der Waals surface area contributed by atoms with Crippen LogP contribution in [0, 0.1) is 11.8 Å². The van der Waals surface area contributed by atoms with Crippen LogP contribution >= 0.6 is 9.24 Å². The van der Waals surface area contributed by atoms with E-state index in [2.05, 4.69) is 22.2 Å². The number of methoxy groups -OCH3 is 1. The lowest BCUT2D eigenvalue weighted by molar-refractivity contribution is -0.132. The van der Waals surface area contributed by atoms with Crippen LogP contribution in [0.2, 0.25) is 0 Å². The summed E-state index contributed by atoms with van der Waals surface area (Å²) in [5.74, 6) is 3.39. The Morgan fingerprint density at radius 1 is 1.16 bits per heavy atom. The second-order valence-electron chi connectivity index (χ2n) is 6.42. The summed E-state index contributed by atoms with van der Waals surface area (Å²) in [6, 6.07) is 11.8. The average Bonchev–Trinajstić information content (AvgIpc) is 3.09. The van der Waals surface area contributed by atoms with Crippen molar-refractivity contribution in [1.82, 2.24) is 0 Å². The molecule has 0 saturated heterocycles. The molecule has 166 valence electrons. The minimum atomic E-state index is -2.27. The van der Waals surface area contributed by atoms with Crippen molar-refractivity contribution in [2.45, 2.75) is 19.3 Å². The lowest BCUT2D eigenvalue weighted by Gasteiger charge is -2.10. The van der Waals surface area contributed by atoms with Crippen LogP contribution in [0.3, 0.4) is 0 Å². The van der Waals surface area contributed by atoms with Crippen LogP contribution in [-0.2, 0) is 25.8 Å². The van der Waals surface area contributed by atoms with Crippen LogP contribution in [0.4, 0.5) is 4.39 Å². The standard InChI is InChI=1S/C22H20FN2O6P/c1-14(8-9-15-10-11-18-19(12-15)31-22(23,32)30-18)24-29-13-16-6-4-5-7-17(16)20(25-28-3)21(26)27-2/h4-7,10-12H,13,32H2,1-3H3/b24-14+,25-20+. The summed E-state index contributed by atoms with van der Waals surface area (Å²) >= 11 is 0. The number of hydrogen-bond acceptors (Lipinski definition) is 8. The van der Waals surface area contributed by atoms with Gasteiger partial charge in [-0.15, -0.1) is 0 Å². The van der Waals surface area contributed by atoms with E-state index in [-0.39, 0.29) is 18.1 Å². The zero-order valence-electron chi connectivity index (χ0n) is 17.5. The number of hydrogen-bond donors (Lipinski definition) is 0. The predicted molar refractivity (Wildman–Crippen MR) is 118 cm³/mol. The first-order valence-corrected chi connectivity index (χ1v) is 9.87. The summed E-state index contributed by atoms with van der Waals surface area (Å²) in [5, 5.41) is 7.73. The largest absolute Gasteiger partial charge is 0.464 e. The van der Waals surface area contributed by atoms with Crippen LogP contribution in [0.15, 0.2) is 52.8 Å². The number of benzene rings is 2. The number of esters is 1. The Kier molecular flexibility index (Phi) is 7.29. The van der Waals surface area contributed by atoms with Gasteiger partial charge in [-0.3, -0.25) is 0 Å². The van der Waals surface area contributed by atoms with Crippen molar-refractivity contribution in [3.63, 3.8) is 0 Å². The predicted octanol–water partition coefficient (Wildman–Crippen LogP) is 3.38. The van der Waals surface area contributed by atoms with Crippen molar-refractivity contribution in [2.75, 3.05) is 14.2 Å². The summed E-state index contributed by atoms with van der Waals surface area (Å²) in [6.45, 7) is 1.74. The maximum atomic E-state index is 13.7. The summed E-state index contributed by atoms with van der Waals surface area (Å²) in [5.41, 5.74) is 2.16. The Balaban J connectivity index is 1.68. The van der Waals surface area contributed by atoms with Gasteiger partial charge in [-0.1, -0.05) is 40.5 Å². The van der Waals surface area contributed by atoms with Gasteiger partial charge in [0.05, 0.1) is 7.11 Å². The van der Waals surface area contributed by atoms with E-state index in [4.69, 9.17) is 23.9 Å². The number of rotatable bonds is 6. The van der Waals surface area contributed by atoms with Crippen molar-refractivity contribution in [3.8, 4) is 23.3 Å². The molecule has 0 fully saturated rings. The van der Waals surface area contributed by atoms with E-state index in [0.29, 0.717) is 28.2 Å². The van der Waals surface area contributed by atoms with Gasteiger partial charge in [0.2, 0.25) is 0 Å². The van der Waals surface area contributed by atoms with E-state index in [9.17, 15) is 9.18 Å². The molecule has 2 aromatic rings. The Morgan fingerprint density at radius 2 is 1.91 bits per heavy atom. The van der Waals surface area contributed by atoms with Gasteiger partial charge in [-0.05, 0) is 40.3 Å². The Bertz CT molecular complexity index is 1140. The van der Waals surface area contributed by atoms with Crippen LogP contribution in [-0.4, -0.2) is 37.4 Å². The number of carbonyl (C=O) groups excluding carboxylic acids is 1. The molecule has 2 unspecified atom stereocenters. The summed E-state index contributed by atoms with van der Waals surface area (Å²) in [7, 11) is 4.44. The van der Waals surface area contributed by atoms with E-state index in [1.165, 1.54) is 14.2 Å². The van der Waals surface area contributed by atoms with Crippen molar-refractivity contribution in [3.05, 3.63) is 59.2 Å². The Labute approximate surface area is 186 Å². The molecule has 0 N–H and O–H groups in total. The van der Waals surface area contributed by atoms with E-state index in [1.807, 2.05) is 9.24 Å². The van der Waals surface area contributed by atoms with E-state index < -0.39 is 11.8 Å². The monoisotopic (exact) mass is 458 g/mol. The second-order valence-corrected chi connectivity index (χ2v) is 7.11. The highest BCUT2D eigenvalue weighted by Gasteiger charge is 2.36. The third-order valence-electron chi connectivity index (χ3n) is 4.09. The third kappa shape index (κ3) is 5.74. The van der Waals surface area contributed by atoms with Gasteiger partial charge < -0.3 is 23.9 Å². The molecule has 8 nitrogen and oxygen atoms in total. The molecule has 0 spiro atoms. The first-order valence-electron chi connectivity index (χ1n) is 9.29. The molecule has 0 bridgehead atoms. The summed E-state index contributed by atoms with van der Waals surface area (Å²) < 4.78 is 28.5. The number of nitrogens with zero attached hydrogens (tertiary/aromatic N) is 2. The van der Waals surface area contributed by atoms with Gasteiger partial charge in [-0.25, -0.2) is 4.79 Å². The summed E-state index contributed by atoms with van der Waals surface area (Å²) in [6.07, 6.45) is 0. The molecule has 0 aromatic heterocycles. The number of oxime groups is 2. The van der Waals surface area contributed by atoms with Crippen LogP contribution < -0.4 is 9.47 Å². The van der Waals surface area contributed by atoms with Gasteiger partial charge in [-0.2, -0.15) is 4.39 Å². The van der Waals surface area contributed by atoms with Gasteiger partial charge in [0.15, 0.2) is 17.2 Å². The number of alkyl halides is 1. The molecule has 1 aliphatic rings. The zero-order chi connectivity index (χ0) is 23.1. The molecule has 2 aromatic carbocycles. The van der Waals surface area contributed by atoms with Gasteiger partial charge in [0, 0.05) is 16.7 Å². The van der Waals surface area contributed by atoms with Crippen molar-refractivity contribution in [1.29, 1.82) is 0 Å². The number of fused-ring (bicyclic) bond motifs is 1. The van der Waals surface area contributed by atoms with Gasteiger partial charge in [0.1, 0.15) is 19.4 Å². The second kappa shape index (κ2) is 10.1. The van der Waals surface area contributed by atoms with Crippen molar-refractivity contribution < 1.29 is 33.1 Å². The number of ether oxygens (including phenoxy) is 3. The fourth-order valence-corrected chi connectivity index (χ4v) is 2.97. The maximum absolute atomic E-state index is 13.7. The highest BCUT2D eigenvalue weighted by molar-refractivity contribution is 7.18. The van der Waals surface area contributed by atoms with E-state index >= 15 is 0 Å². The van der Waals surface area contributed by atoms with E-state index in [1.54, 1.807) is 49.4 Å². The van der Waals surface area contributed by atoms with Gasteiger partial charge >= 0.3 is 11.8 Å². The molecule has 32 heavy (non-hydrogen) atoms. The molecule has 0 amide bonds. The zero-order valence-corrected chi connectivity index (χ0v) is 18.7. The molecule has 0 radical (unpaired) electrons. The van der Waals surface area contributed by atoms with Crippen LogP contribution in [0.25, 0.3) is 0 Å². The Morgan fingerprint density at radius 3 is 2.66 bits per heavy atom. The quantitative estimate of drug-likeness (QED) is 0.217. The van der Waals surface area contributed by atoms with Gasteiger partial charge in [0.25, 0.3) is 0 Å². The average molecular weight is 458 g/mol. The smallest absolute Gasteiger partial charge is 0.418 e. The minimum Gasteiger partial charge on any atom is -0.464 e. The van der Waals surface area contributed by atoms with E-state index in [0.717, 1.165) is 0 Å². The molecule has 1 heterocycles. The third-order valence-corrected chi connectivity index (χ3v) is 4.32. The maximum Gasteiger partial charge on any atom is 0.418 e. The Hall–Kier alpha value is -3.63. The normalized spacial score (nSPS) is 17.3. The lowest BCUT2D eigenvalue weighted by Crippen LogP contribution is -2.23. The summed E-state index contributed by atoms with van der Waals surface area (Å²) in [4.78, 5) is 22.2. The fourth-order valence-electron chi connectivity index (χ4n) is 2.72. The van der Waals surface area contributed by atoms with Crippen LogP contribution in [0.5, 0.6) is 11.5 Å². The molecule has 0 aliphatic carbocycles. The highest BCUT2D eigenvalue weighted by atomic mass is 31.0. The molecular weight excluding hydrogens is 438 g/mol. The first kappa shape index (κ1) is 23.0. The van der Waals surface area contributed by atoms with Crippen molar-refractivity contribution >= 4 is 26.6 Å². The van der Waals surface area contributed by atoms with Crippen LogP contribution in [0.1, 0.15) is 23.6 Å². The fraction of sp³-hybridized carbons (Fsp3) is 0.227. The molecule has 3 rings (SSSR count). The molecule has 10 heteroatoms. The number of halogens is 1. The number of carbonyl (C=O) groups is 1. The van der Waals surface area contributed by atoms with Crippen molar-refractivity contribution in [2.24, 2.45) is 10.3 Å². The SMILES string of the molecule is CO/N=C(/C(=O)OC)c1ccccc1CO/N=C(\C)C#Cc1ccc2c(c1)OC(F)(P)O2. The first-order chi connectivity index (χ1) is 15.3. The molecule has 0 saturated carbocycles. The topological polar surface area (TPSA) is 87.9 Å². The molecule has 2 atom stereocenters.